The van der Waals surface area contributed by atoms with E-state index in [1.54, 1.807) is 4.57 Å². The van der Waals surface area contributed by atoms with Gasteiger partial charge in [0.05, 0.1) is 11.1 Å². The smallest absolute Gasteiger partial charge is 0.257 e. The molecule has 0 saturated carbocycles. The molecule has 1 atom stereocenters. The van der Waals surface area contributed by atoms with Crippen molar-refractivity contribution in [3.8, 4) is 5.75 Å². The predicted molar refractivity (Wildman–Crippen MR) is 87.3 cm³/mol. The van der Waals surface area contributed by atoms with Crippen molar-refractivity contribution in [2.24, 2.45) is 7.05 Å². The summed E-state index contributed by atoms with van der Waals surface area (Å²) in [5, 5.41) is 0.999. The molecule has 3 nitrogen and oxygen atoms in total. The Bertz CT molecular complexity index is 927. The molecule has 0 bridgehead atoms. The lowest BCUT2D eigenvalue weighted by Gasteiger charge is -2.24. The van der Waals surface area contributed by atoms with Crippen LogP contribution in [0.25, 0.3) is 10.9 Å². The molecule has 22 heavy (non-hydrogen) atoms. The van der Waals surface area contributed by atoms with E-state index in [2.05, 4.69) is 19.1 Å². The van der Waals surface area contributed by atoms with Crippen LogP contribution in [0, 0.1) is 0 Å². The first-order valence-corrected chi connectivity index (χ1v) is 7.45. The summed E-state index contributed by atoms with van der Waals surface area (Å²) in [6, 6.07) is 18.0. The monoisotopic (exact) mass is 291 g/mol. The number of hydrogen-bond acceptors (Lipinski definition) is 2. The van der Waals surface area contributed by atoms with Crippen molar-refractivity contribution in [3.05, 3.63) is 76.1 Å². The van der Waals surface area contributed by atoms with Crippen molar-refractivity contribution in [2.45, 2.75) is 18.9 Å². The van der Waals surface area contributed by atoms with Crippen molar-refractivity contribution in [2.75, 3.05) is 0 Å². The lowest BCUT2D eigenvalue weighted by Crippen LogP contribution is -2.28. The van der Waals surface area contributed by atoms with Crippen molar-refractivity contribution in [3.63, 3.8) is 0 Å². The summed E-state index contributed by atoms with van der Waals surface area (Å²) < 4.78 is 8.03. The Hall–Kier alpha value is -2.55. The number of ether oxygens (including phenoxy) is 1. The van der Waals surface area contributed by atoms with E-state index in [1.807, 2.05) is 49.5 Å². The van der Waals surface area contributed by atoms with Gasteiger partial charge in [0, 0.05) is 18.9 Å². The van der Waals surface area contributed by atoms with Gasteiger partial charge >= 0.3 is 0 Å². The molecule has 1 unspecified atom stereocenters. The second kappa shape index (κ2) is 4.47. The van der Waals surface area contributed by atoms with Crippen LogP contribution in [-0.2, 0) is 19.1 Å². The molecule has 0 N–H and O–H groups in total. The molecule has 0 aliphatic carbocycles. The molecule has 2 aromatic carbocycles. The van der Waals surface area contributed by atoms with Crippen LogP contribution in [0.15, 0.2) is 59.4 Å². The average Bonchev–Trinajstić information content (AvgIpc) is 2.93. The van der Waals surface area contributed by atoms with Crippen molar-refractivity contribution >= 4 is 10.9 Å². The van der Waals surface area contributed by atoms with Gasteiger partial charge in [0.15, 0.2) is 0 Å². The molecule has 1 aliphatic rings. The normalized spacial score (nSPS) is 19.9. The number of fused-ring (bicyclic) bond motifs is 3. The highest BCUT2D eigenvalue weighted by molar-refractivity contribution is 5.87. The summed E-state index contributed by atoms with van der Waals surface area (Å²) >= 11 is 0. The van der Waals surface area contributed by atoms with E-state index in [0.717, 1.165) is 27.8 Å². The fraction of sp³-hybridized carbons (Fsp3) is 0.211. The van der Waals surface area contributed by atoms with Crippen LogP contribution in [-0.4, -0.2) is 4.57 Å². The average molecular weight is 291 g/mol. The van der Waals surface area contributed by atoms with Gasteiger partial charge in [-0.3, -0.25) is 4.79 Å². The molecule has 0 radical (unpaired) electrons. The zero-order chi connectivity index (χ0) is 15.3. The van der Waals surface area contributed by atoms with Crippen LogP contribution in [0.4, 0.5) is 0 Å². The maximum atomic E-state index is 12.7. The quantitative estimate of drug-likeness (QED) is 0.688. The third kappa shape index (κ3) is 1.72. The second-order valence-electron chi connectivity index (χ2n) is 6.06. The summed E-state index contributed by atoms with van der Waals surface area (Å²) in [6.07, 6.45) is 0.601. The number of benzene rings is 2. The molecule has 3 aromatic rings. The van der Waals surface area contributed by atoms with Crippen LogP contribution in [0.3, 0.4) is 0 Å². The Morgan fingerprint density at radius 3 is 2.50 bits per heavy atom. The molecule has 2 heterocycles. The van der Waals surface area contributed by atoms with E-state index in [9.17, 15) is 4.79 Å². The highest BCUT2D eigenvalue weighted by Crippen LogP contribution is 2.43. The van der Waals surface area contributed by atoms with E-state index in [4.69, 9.17) is 4.74 Å². The molecule has 1 aliphatic heterocycles. The van der Waals surface area contributed by atoms with Gasteiger partial charge in [-0.05, 0) is 24.6 Å². The molecule has 1 aromatic heterocycles. The highest BCUT2D eigenvalue weighted by atomic mass is 16.5. The van der Waals surface area contributed by atoms with Crippen molar-refractivity contribution < 1.29 is 4.74 Å². The molecule has 3 heteroatoms. The van der Waals surface area contributed by atoms with Gasteiger partial charge < -0.3 is 9.30 Å². The molecule has 0 amide bonds. The topological polar surface area (TPSA) is 31.2 Å². The summed E-state index contributed by atoms with van der Waals surface area (Å²) in [4.78, 5) is 12.7. The Morgan fingerprint density at radius 1 is 1.05 bits per heavy atom. The van der Waals surface area contributed by atoms with Crippen LogP contribution in [0.2, 0.25) is 0 Å². The lowest BCUT2D eigenvalue weighted by atomic mass is 9.91. The minimum Gasteiger partial charge on any atom is -0.481 e. The first-order chi connectivity index (χ1) is 10.6. The van der Waals surface area contributed by atoms with Crippen molar-refractivity contribution in [1.29, 1.82) is 0 Å². The third-order valence-corrected chi connectivity index (χ3v) is 4.57. The minimum atomic E-state index is -0.486. The number of nitrogens with zero attached hydrogens (tertiary/aromatic N) is 1. The van der Waals surface area contributed by atoms with Gasteiger partial charge in [0.1, 0.15) is 11.4 Å². The highest BCUT2D eigenvalue weighted by Gasteiger charge is 2.39. The molecule has 0 saturated heterocycles. The molecule has 4 rings (SSSR count). The Morgan fingerprint density at radius 2 is 1.73 bits per heavy atom. The number of aryl methyl sites for hydroxylation is 1. The standard InChI is InChI=1S/C19H17NO2/c1-19(13-8-4-3-5-9-13)12-15-17(22-19)14-10-6-7-11-16(14)20(2)18(15)21/h3-11H,12H2,1-2H3. The van der Waals surface area contributed by atoms with E-state index in [0.29, 0.717) is 6.42 Å². The maximum absolute atomic E-state index is 12.7. The van der Waals surface area contributed by atoms with Gasteiger partial charge in [-0.2, -0.15) is 0 Å². The maximum Gasteiger partial charge on any atom is 0.257 e. The van der Waals surface area contributed by atoms with E-state index in [1.165, 1.54) is 0 Å². The fourth-order valence-corrected chi connectivity index (χ4v) is 3.35. The number of pyridine rings is 1. The van der Waals surface area contributed by atoms with E-state index in [-0.39, 0.29) is 5.56 Å². The first kappa shape index (κ1) is 13.1. The van der Waals surface area contributed by atoms with E-state index >= 15 is 0 Å². The Balaban J connectivity index is 1.97. The SMILES string of the molecule is Cn1c(=O)c2c(c3ccccc31)OC(C)(c1ccccc1)C2. The number of hydrogen-bond donors (Lipinski definition) is 0. The molecule has 110 valence electrons. The van der Waals surface area contributed by atoms with Gasteiger partial charge in [-0.25, -0.2) is 0 Å². The fourth-order valence-electron chi connectivity index (χ4n) is 3.35. The van der Waals surface area contributed by atoms with Crippen LogP contribution in [0.5, 0.6) is 5.75 Å². The number of rotatable bonds is 1. The second-order valence-corrected chi connectivity index (χ2v) is 6.06. The first-order valence-electron chi connectivity index (χ1n) is 7.45. The van der Waals surface area contributed by atoms with Gasteiger partial charge in [0.25, 0.3) is 5.56 Å². The Kier molecular flexibility index (Phi) is 2.67. The van der Waals surface area contributed by atoms with Crippen LogP contribution < -0.4 is 10.3 Å². The summed E-state index contributed by atoms with van der Waals surface area (Å²) in [6.45, 7) is 2.05. The van der Waals surface area contributed by atoms with Crippen LogP contribution in [0.1, 0.15) is 18.1 Å². The van der Waals surface area contributed by atoms with Gasteiger partial charge in [0.2, 0.25) is 0 Å². The summed E-state index contributed by atoms with van der Waals surface area (Å²) in [7, 11) is 1.82. The van der Waals surface area contributed by atoms with E-state index < -0.39 is 5.60 Å². The lowest BCUT2D eigenvalue weighted by molar-refractivity contribution is 0.117. The third-order valence-electron chi connectivity index (χ3n) is 4.57. The zero-order valence-corrected chi connectivity index (χ0v) is 12.7. The minimum absolute atomic E-state index is 0.0355. The summed E-state index contributed by atoms with van der Waals surface area (Å²) in [5.74, 6) is 0.741. The number of para-hydroxylation sites is 1. The largest absolute Gasteiger partial charge is 0.481 e. The Labute approximate surface area is 128 Å². The number of aromatic nitrogens is 1. The molecule has 0 fully saturated rings. The van der Waals surface area contributed by atoms with Gasteiger partial charge in [-0.15, -0.1) is 0 Å². The summed E-state index contributed by atoms with van der Waals surface area (Å²) in [5.41, 5.74) is 2.32. The molecular formula is C19H17NO2. The predicted octanol–water partition coefficient (Wildman–Crippen LogP) is 3.39. The van der Waals surface area contributed by atoms with Crippen LogP contribution >= 0.6 is 0 Å². The van der Waals surface area contributed by atoms with Crippen molar-refractivity contribution in [1.82, 2.24) is 4.57 Å². The molecular weight excluding hydrogens is 274 g/mol. The molecule has 0 spiro atoms. The van der Waals surface area contributed by atoms with Gasteiger partial charge in [-0.1, -0.05) is 42.5 Å². The zero-order valence-electron chi connectivity index (χ0n) is 12.7.